The van der Waals surface area contributed by atoms with Gasteiger partial charge in [-0.05, 0) is 244 Å². The predicted molar refractivity (Wildman–Crippen MR) is 537 cm³/mol. The van der Waals surface area contributed by atoms with Gasteiger partial charge in [0.1, 0.15) is 16.6 Å². The number of aryl methyl sites for hydroxylation is 1. The highest BCUT2D eigenvalue weighted by Crippen LogP contribution is 2.69. The molecule has 752 valence electrons. The van der Waals surface area contributed by atoms with E-state index in [-0.39, 0.29) is 102 Å². The number of fused-ring (bicyclic) bond motifs is 9. The third-order valence-corrected chi connectivity index (χ3v) is 68.5. The number of ether oxygens (including phenoxy) is 4. The standard InChI is InChI=1S/C33H78O12Si9.C32H56O2.C17H28O3.C9H20O2.C6H14O3/c1-26(2)18-47-35-49(20-28(5)6)39-51(22-30(9)10)37-48(34-46,19-27(3)4)38-54(25-33(15,16)17)42-50(36-47,21-29(7)8)41-52(40-49,23-31(11)12)44-53(43-51,45-54)24-32(13)14;1-21(2)10-9-11-22(3)26-14-15-27-25-13-12-23-20-24(34-29(33)30(4,5)6)16-18-31(23,7)28(25)17-19-32(26,27)8;1-14-13-16(17(2,3)4)6-5-15(14)7-9-19-11-12-20-10-8-18;1-5-9(6-10,7-11)8(2,3)4;7-3-1-2-5-9-6-4-8/h26-32,47H,18-25H2,1-17,46H3;21-28H,9-20H2,1-8H3;5-6,13,18H,7-12H2,1-4H3;10-11H,5-7H2,1-4H3;7-8H,1-6H2/t;22-,23?,24+,25?,26?,27?,28?,31+,32-;;;/m.1.../s1. The predicted octanol–water partition coefficient (Wildman–Crippen LogP) is 21.1. The molecule has 4 saturated heterocycles. The van der Waals surface area contributed by atoms with Crippen molar-refractivity contribution in [3.63, 3.8) is 0 Å². The van der Waals surface area contributed by atoms with E-state index in [2.05, 4.69) is 198 Å². The number of carbonyl (C=O) groups is 1. The first-order valence-corrected chi connectivity index (χ1v) is 66.7. The fraction of sp³-hybridized carbons (Fsp3) is 0.928. The first-order valence-electron chi connectivity index (χ1n) is 50.6. The second-order valence-corrected chi connectivity index (χ2v) is 72.4. The summed E-state index contributed by atoms with van der Waals surface area (Å²) in [6.07, 6.45) is 19.9. The molecule has 17 atom stereocenters. The summed E-state index contributed by atoms with van der Waals surface area (Å²) in [5.41, 5.74) is 4.26. The quantitative estimate of drug-likeness (QED) is 0.0233. The number of aliphatic hydroxyl groups is 5. The first kappa shape index (κ1) is 118. The van der Waals surface area contributed by atoms with Crippen molar-refractivity contribution in [3.8, 4) is 0 Å². The summed E-state index contributed by atoms with van der Waals surface area (Å²) in [7, 11) is -29.2. The number of hydrogen-bond acceptors (Lipinski definition) is 22. The highest BCUT2D eigenvalue weighted by atomic mass is 28.6. The minimum atomic E-state index is -3.96. The fourth-order valence-electron chi connectivity index (χ4n) is 21.5. The lowest BCUT2D eigenvalue weighted by Gasteiger charge is -2.61. The topological polar surface area (TPSA) is 266 Å². The number of carbonyl (C=O) groups excluding carboxylic acids is 1. The van der Waals surface area contributed by atoms with E-state index in [1.807, 2.05) is 48.5 Å². The number of rotatable bonds is 39. The van der Waals surface area contributed by atoms with Gasteiger partial charge in [-0.3, -0.25) is 4.79 Å². The van der Waals surface area contributed by atoms with Crippen LogP contribution >= 0.6 is 0 Å². The van der Waals surface area contributed by atoms with Gasteiger partial charge >= 0.3 is 76.9 Å². The number of aliphatic hydroxyl groups excluding tert-OH is 5. The van der Waals surface area contributed by atoms with Crippen molar-refractivity contribution in [3.05, 3.63) is 34.9 Å². The first-order chi connectivity index (χ1) is 59.3. The Morgan fingerprint density at radius 2 is 0.977 bits per heavy atom. The lowest BCUT2D eigenvalue weighted by atomic mass is 9.44. The average molecular weight is 1970 g/mol. The van der Waals surface area contributed by atoms with Gasteiger partial charge < -0.3 is 93.9 Å². The molecule has 0 aromatic heterocycles. The molecule has 31 heteroatoms. The maximum atomic E-state index is 12.5. The molecule has 0 amide bonds. The van der Waals surface area contributed by atoms with E-state index in [1.165, 1.54) is 80.9 Å². The summed E-state index contributed by atoms with van der Waals surface area (Å²) in [6.45, 7) is 76.7. The van der Waals surface area contributed by atoms with Crippen LogP contribution in [0.5, 0.6) is 0 Å². The Bertz CT molecular complexity index is 3340. The van der Waals surface area contributed by atoms with E-state index in [1.54, 1.807) is 0 Å². The lowest BCUT2D eigenvalue weighted by molar-refractivity contribution is -0.170. The monoisotopic (exact) mass is 1970 g/mol. The Morgan fingerprint density at radius 3 is 1.41 bits per heavy atom. The molecule has 22 nitrogen and oxygen atoms in total. The Balaban J connectivity index is 0.000000330. The second-order valence-electron chi connectivity index (χ2n) is 47.8. The van der Waals surface area contributed by atoms with Crippen molar-refractivity contribution in [2.75, 3.05) is 72.7 Å². The van der Waals surface area contributed by atoms with Crippen LogP contribution in [0.2, 0.25) is 48.4 Å². The Hall–Kier alpha value is -0.158. The van der Waals surface area contributed by atoms with Gasteiger partial charge in [-0.1, -0.05) is 238 Å². The zero-order valence-corrected chi connectivity index (χ0v) is 98.0. The van der Waals surface area contributed by atoms with Gasteiger partial charge in [-0.2, -0.15) is 0 Å². The van der Waals surface area contributed by atoms with E-state index in [0.717, 1.165) is 86.0 Å². The molecule has 8 aliphatic rings. The summed E-state index contributed by atoms with van der Waals surface area (Å²) < 4.78 is 114. The fourth-order valence-corrected chi connectivity index (χ4v) is 71.4. The van der Waals surface area contributed by atoms with Crippen LogP contribution in [0.25, 0.3) is 0 Å². The van der Waals surface area contributed by atoms with Gasteiger partial charge in [-0.15, -0.1) is 0 Å². The van der Waals surface area contributed by atoms with Crippen LogP contribution < -0.4 is 0 Å². The Labute approximate surface area is 794 Å². The van der Waals surface area contributed by atoms with Crippen molar-refractivity contribution in [1.82, 2.24) is 0 Å². The van der Waals surface area contributed by atoms with Gasteiger partial charge in [0.2, 0.25) is 0 Å². The van der Waals surface area contributed by atoms with Crippen LogP contribution in [-0.2, 0) is 85.0 Å². The van der Waals surface area contributed by atoms with Gasteiger partial charge in [0.25, 0.3) is 0 Å². The largest absolute Gasteiger partial charge is 0.479 e. The van der Waals surface area contributed by atoms with Crippen molar-refractivity contribution in [2.45, 2.75) is 391 Å². The van der Waals surface area contributed by atoms with Gasteiger partial charge in [0.15, 0.2) is 0 Å². The third-order valence-electron chi connectivity index (χ3n) is 27.9. The van der Waals surface area contributed by atoms with E-state index in [4.69, 9.17) is 93.9 Å². The molecular formula is C97H196O22Si9. The maximum absolute atomic E-state index is 12.5. The van der Waals surface area contributed by atoms with E-state index in [9.17, 15) is 4.79 Å². The number of unbranched alkanes of at least 4 members (excludes halogenated alkanes) is 1. The smallest absolute Gasteiger partial charge is 0.462 e. The highest BCUT2D eigenvalue weighted by Gasteiger charge is 2.79. The van der Waals surface area contributed by atoms with Gasteiger partial charge in [-0.25, -0.2) is 0 Å². The number of hydrogen-bond donors (Lipinski definition) is 5. The van der Waals surface area contributed by atoms with E-state index in [0.29, 0.717) is 109 Å². The van der Waals surface area contributed by atoms with Crippen LogP contribution in [0, 0.1) is 122 Å². The normalized spacial score (nSPS) is 31.7. The third kappa shape index (κ3) is 35.0. The van der Waals surface area contributed by atoms with E-state index >= 15 is 0 Å². The van der Waals surface area contributed by atoms with Crippen LogP contribution in [0.4, 0.5) is 0 Å². The molecule has 6 bridgehead atoms. The Morgan fingerprint density at radius 1 is 0.508 bits per heavy atom. The molecule has 4 aliphatic heterocycles. The van der Waals surface area contributed by atoms with E-state index < -0.39 is 76.3 Å². The summed E-state index contributed by atoms with van der Waals surface area (Å²) in [5, 5.41) is 43.4. The molecular weight excluding hydrogens is 1770 g/mol. The van der Waals surface area contributed by atoms with Crippen molar-refractivity contribution < 1.29 is 98.7 Å². The van der Waals surface area contributed by atoms with Crippen molar-refractivity contribution >= 4 is 87.4 Å². The maximum Gasteiger partial charge on any atom is 0.479 e. The molecule has 1 aromatic rings. The van der Waals surface area contributed by atoms with Gasteiger partial charge in [0.05, 0.1) is 64.9 Å². The molecule has 4 heterocycles. The van der Waals surface area contributed by atoms with Gasteiger partial charge in [0, 0.05) is 60.9 Å². The zero-order chi connectivity index (χ0) is 96.7. The minimum Gasteiger partial charge on any atom is -0.462 e. The number of benzene rings is 1. The molecule has 1 aromatic carbocycles. The average Bonchev–Trinajstić information content (AvgIpc) is 0.947. The molecule has 8 fully saturated rings. The zero-order valence-electron chi connectivity index (χ0n) is 87.9. The minimum absolute atomic E-state index is 0.0114. The molecule has 9 rings (SSSR count). The summed E-state index contributed by atoms with van der Waals surface area (Å²) in [6, 6.07) is 11.1. The summed E-state index contributed by atoms with van der Waals surface area (Å²) in [4.78, 5) is 12.5. The molecule has 128 heavy (non-hydrogen) atoms. The second kappa shape index (κ2) is 51.3. The van der Waals surface area contributed by atoms with Crippen molar-refractivity contribution in [1.29, 1.82) is 0 Å². The number of esters is 1. The van der Waals surface area contributed by atoms with Crippen LogP contribution in [0.1, 0.15) is 335 Å². The molecule has 0 spiro atoms. The molecule has 13 unspecified atom stereocenters. The van der Waals surface area contributed by atoms with Crippen LogP contribution in [0.15, 0.2) is 18.2 Å². The summed E-state index contributed by atoms with van der Waals surface area (Å²) >= 11 is 0. The van der Waals surface area contributed by atoms with Crippen LogP contribution in [0.3, 0.4) is 0 Å². The summed E-state index contributed by atoms with van der Waals surface area (Å²) in [5.74, 6) is 7.47. The van der Waals surface area contributed by atoms with Crippen molar-refractivity contribution in [2.24, 2.45) is 115 Å². The highest BCUT2D eigenvalue weighted by molar-refractivity contribution is 7.00. The lowest BCUT2D eigenvalue weighted by Crippen LogP contribution is -2.84. The molecule has 0 radical (unpaired) electrons. The molecule has 4 saturated carbocycles. The van der Waals surface area contributed by atoms with Crippen LogP contribution in [-0.4, -0.2) is 192 Å². The Kier molecular flexibility index (Phi) is 47.4. The SMILES string of the molecule is CC(C)CCC[C@@H](C)C1CCC2C3CCC4C[C@@H](OC(=O)C(C)(C)C)CC[C@]4(C)C3CC[C@@]21C.CC(C)C[SiH]1O[Si]2(CC(C)C)O[Si]3(CC(C)C)O[Si](CC(C)C)(O[SiH3])O[Si]4(CC(C)(C)C)O[Si](CC(C)C)(O1)O[Si](CC(C)C)(O2)O[Si](CC(C)C)(O3)O4.CCC(CO)(CO)C(C)(C)C.Cc1cc(C(C)(C)C)ccc1CCOCCOCCO.OCCCCOCCO. The molecule has 4 aliphatic carbocycles. The molecule has 5 N–H and O–H groups in total.